The van der Waals surface area contributed by atoms with Crippen LogP contribution in [0.5, 0.6) is 0 Å². The number of rotatable bonds is 6. The molecule has 0 aromatic carbocycles. The summed E-state index contributed by atoms with van der Waals surface area (Å²) in [7, 11) is 0. The van der Waals surface area contributed by atoms with Crippen LogP contribution in [0.1, 0.15) is 12.8 Å². The van der Waals surface area contributed by atoms with E-state index >= 15 is 0 Å². The Balaban J connectivity index is 0.00000121. The summed E-state index contributed by atoms with van der Waals surface area (Å²) in [5.74, 6) is 1.23. The van der Waals surface area contributed by atoms with Gasteiger partial charge in [0.1, 0.15) is 12.7 Å². The van der Waals surface area contributed by atoms with Crippen LogP contribution in [0.2, 0.25) is 0 Å². The summed E-state index contributed by atoms with van der Waals surface area (Å²) < 4.78 is 1.52. The summed E-state index contributed by atoms with van der Waals surface area (Å²) in [5, 5.41) is 10.0. The van der Waals surface area contributed by atoms with Gasteiger partial charge in [-0.2, -0.15) is 5.10 Å². The lowest BCUT2D eigenvalue weighted by molar-refractivity contribution is -0.115. The van der Waals surface area contributed by atoms with Crippen molar-refractivity contribution >= 4 is 36.4 Å². The second kappa shape index (κ2) is 8.67. The number of amides is 1. The summed E-state index contributed by atoms with van der Waals surface area (Å²) in [6.07, 6.45) is 7.17. The third-order valence-corrected chi connectivity index (χ3v) is 3.11. The number of carbonyl (C=O) groups excluding carboxylic acids is 1. The van der Waals surface area contributed by atoms with E-state index in [0.717, 1.165) is 12.5 Å². The Morgan fingerprint density at radius 3 is 2.86 bits per heavy atom. The lowest BCUT2D eigenvalue weighted by Gasteiger charge is -2.09. The summed E-state index contributed by atoms with van der Waals surface area (Å²) in [5.41, 5.74) is 0.622. The highest BCUT2D eigenvalue weighted by molar-refractivity contribution is 5.93. The minimum Gasteiger partial charge on any atom is -0.322 e. The van der Waals surface area contributed by atoms with Gasteiger partial charge in [0.2, 0.25) is 5.91 Å². The molecule has 9 heteroatoms. The predicted octanol–water partition coefficient (Wildman–Crippen LogP) is 1.44. The zero-order valence-electron chi connectivity index (χ0n) is 11.8. The Bertz CT molecular complexity index is 588. The fourth-order valence-electron chi connectivity index (χ4n) is 1.90. The third-order valence-electron chi connectivity index (χ3n) is 3.11. The molecule has 1 aliphatic carbocycles. The normalized spacial score (nSPS) is 12.9. The maximum absolute atomic E-state index is 11.9. The van der Waals surface area contributed by atoms with E-state index in [-0.39, 0.29) is 30.7 Å². The molecule has 1 aliphatic rings. The lowest BCUT2D eigenvalue weighted by Crippen LogP contribution is -2.29. The molecule has 1 fully saturated rings. The van der Waals surface area contributed by atoms with E-state index in [9.17, 15) is 4.79 Å². The molecule has 0 radical (unpaired) electrons. The van der Waals surface area contributed by atoms with Crippen LogP contribution < -0.4 is 10.6 Å². The highest BCUT2D eigenvalue weighted by Crippen LogP contribution is 2.27. The van der Waals surface area contributed by atoms with E-state index < -0.39 is 0 Å². The van der Waals surface area contributed by atoms with Gasteiger partial charge in [-0.15, -0.1) is 24.8 Å². The van der Waals surface area contributed by atoms with Crippen LogP contribution >= 0.6 is 24.8 Å². The van der Waals surface area contributed by atoms with Crippen molar-refractivity contribution in [2.24, 2.45) is 5.92 Å². The van der Waals surface area contributed by atoms with Crippen LogP contribution in [-0.4, -0.2) is 38.7 Å². The summed E-state index contributed by atoms with van der Waals surface area (Å²) in [6, 6.07) is 3.57. The maximum atomic E-state index is 11.9. The molecule has 0 spiro atoms. The molecule has 2 N–H and O–H groups in total. The Hall–Kier alpha value is -1.70. The van der Waals surface area contributed by atoms with Crippen LogP contribution in [0.4, 0.5) is 5.69 Å². The minimum atomic E-state index is -0.0833. The number of nitrogens with zero attached hydrogens (tertiary/aromatic N) is 4. The van der Waals surface area contributed by atoms with Gasteiger partial charge in [0.05, 0.1) is 12.2 Å². The number of hydrogen-bond acceptors (Lipinski definition) is 5. The molecular formula is C13H18Cl2N6O. The number of carbonyl (C=O) groups is 1. The Kier molecular flexibility index (Phi) is 7.23. The fraction of sp³-hybridized carbons (Fsp3) is 0.385. The number of anilines is 1. The molecule has 3 rings (SSSR count). The second-order valence-electron chi connectivity index (χ2n) is 4.84. The van der Waals surface area contributed by atoms with Gasteiger partial charge in [0, 0.05) is 6.20 Å². The van der Waals surface area contributed by atoms with E-state index in [1.165, 1.54) is 23.9 Å². The van der Waals surface area contributed by atoms with Crippen molar-refractivity contribution in [3.05, 3.63) is 31.0 Å². The van der Waals surface area contributed by atoms with Gasteiger partial charge in [0.15, 0.2) is 5.82 Å². The number of aromatic nitrogens is 4. The molecule has 0 atom stereocenters. The molecule has 7 nitrogen and oxygen atoms in total. The predicted molar refractivity (Wildman–Crippen MR) is 87.9 cm³/mol. The quantitative estimate of drug-likeness (QED) is 0.828. The smallest absolute Gasteiger partial charge is 0.238 e. The molecule has 0 unspecified atom stereocenters. The lowest BCUT2D eigenvalue weighted by atomic mass is 10.3. The van der Waals surface area contributed by atoms with Crippen molar-refractivity contribution < 1.29 is 4.79 Å². The SMILES string of the molecule is Cl.Cl.O=C(CNCC1CC1)Nc1cccnc1-n1cncn1. The van der Waals surface area contributed by atoms with Crippen molar-refractivity contribution in [2.45, 2.75) is 12.8 Å². The first-order valence-electron chi connectivity index (χ1n) is 6.63. The monoisotopic (exact) mass is 344 g/mol. The van der Waals surface area contributed by atoms with E-state index in [1.807, 2.05) is 0 Å². The van der Waals surface area contributed by atoms with Crippen LogP contribution in [0.3, 0.4) is 0 Å². The van der Waals surface area contributed by atoms with Gasteiger partial charge in [-0.05, 0) is 37.4 Å². The largest absolute Gasteiger partial charge is 0.322 e. The zero-order chi connectivity index (χ0) is 13.8. The fourth-order valence-corrected chi connectivity index (χ4v) is 1.90. The van der Waals surface area contributed by atoms with Crippen LogP contribution in [0.25, 0.3) is 5.82 Å². The van der Waals surface area contributed by atoms with Crippen molar-refractivity contribution in [1.82, 2.24) is 25.1 Å². The highest BCUT2D eigenvalue weighted by Gasteiger charge is 2.20. The first-order chi connectivity index (χ1) is 9.83. The molecule has 0 aliphatic heterocycles. The second-order valence-corrected chi connectivity index (χ2v) is 4.84. The molecule has 2 aromatic heterocycles. The highest BCUT2D eigenvalue weighted by atomic mass is 35.5. The van der Waals surface area contributed by atoms with E-state index in [2.05, 4.69) is 25.7 Å². The van der Waals surface area contributed by atoms with Gasteiger partial charge in [-0.3, -0.25) is 4.79 Å². The van der Waals surface area contributed by atoms with Gasteiger partial charge in [-0.1, -0.05) is 0 Å². The molecule has 22 heavy (non-hydrogen) atoms. The summed E-state index contributed by atoms with van der Waals surface area (Å²) >= 11 is 0. The Labute approximate surface area is 140 Å². The van der Waals surface area contributed by atoms with Gasteiger partial charge in [-0.25, -0.2) is 14.6 Å². The first-order valence-corrected chi connectivity index (χ1v) is 6.63. The number of halogens is 2. The molecule has 1 amide bonds. The molecule has 1 saturated carbocycles. The minimum absolute atomic E-state index is 0. The van der Waals surface area contributed by atoms with Crippen LogP contribution in [-0.2, 0) is 4.79 Å². The van der Waals surface area contributed by atoms with E-state index in [1.54, 1.807) is 24.7 Å². The van der Waals surface area contributed by atoms with Crippen molar-refractivity contribution in [1.29, 1.82) is 0 Å². The van der Waals surface area contributed by atoms with Gasteiger partial charge >= 0.3 is 0 Å². The zero-order valence-corrected chi connectivity index (χ0v) is 13.4. The van der Waals surface area contributed by atoms with E-state index in [0.29, 0.717) is 18.1 Å². The average Bonchev–Trinajstić information content (AvgIpc) is 3.11. The van der Waals surface area contributed by atoms with Gasteiger partial charge in [0.25, 0.3) is 0 Å². The number of nitrogens with one attached hydrogen (secondary N) is 2. The first kappa shape index (κ1) is 18.3. The molecule has 0 bridgehead atoms. The Morgan fingerprint density at radius 2 is 2.18 bits per heavy atom. The molecule has 120 valence electrons. The van der Waals surface area contributed by atoms with Crippen molar-refractivity contribution in [3.63, 3.8) is 0 Å². The molecular weight excluding hydrogens is 327 g/mol. The van der Waals surface area contributed by atoms with E-state index in [4.69, 9.17) is 0 Å². The van der Waals surface area contributed by atoms with Crippen LogP contribution in [0, 0.1) is 5.92 Å². The molecule has 2 heterocycles. The number of hydrogen-bond donors (Lipinski definition) is 2. The average molecular weight is 345 g/mol. The summed E-state index contributed by atoms with van der Waals surface area (Å²) in [6.45, 7) is 1.22. The standard InChI is InChI=1S/C13H16N6O.2ClH/c20-12(7-14-6-10-3-4-10)18-11-2-1-5-16-13(11)19-9-15-8-17-19;;/h1-2,5,8-10,14H,3-4,6-7H2,(H,18,20);2*1H. The Morgan fingerprint density at radius 1 is 1.36 bits per heavy atom. The number of pyridine rings is 1. The van der Waals surface area contributed by atoms with Crippen molar-refractivity contribution in [3.8, 4) is 5.82 Å². The third kappa shape index (κ3) is 4.94. The topological polar surface area (TPSA) is 84.7 Å². The van der Waals surface area contributed by atoms with Gasteiger partial charge < -0.3 is 10.6 Å². The van der Waals surface area contributed by atoms with Crippen molar-refractivity contribution in [2.75, 3.05) is 18.4 Å². The maximum Gasteiger partial charge on any atom is 0.238 e. The molecule has 2 aromatic rings. The van der Waals surface area contributed by atoms with Crippen LogP contribution in [0.15, 0.2) is 31.0 Å². The molecule has 0 saturated heterocycles. The summed E-state index contributed by atoms with van der Waals surface area (Å²) in [4.78, 5) is 20.0.